The molecule has 0 saturated heterocycles. The molecule has 1 aromatic rings. The van der Waals surface area contributed by atoms with Crippen molar-refractivity contribution in [2.24, 2.45) is 0 Å². The number of carboxylic acid groups (broad SMARTS) is 1. The predicted octanol–water partition coefficient (Wildman–Crippen LogP) is 1.89. The maximum atomic E-state index is 13.5. The molecular weight excluding hydrogens is 237 g/mol. The monoisotopic (exact) mass is 251 g/mol. The summed E-state index contributed by atoms with van der Waals surface area (Å²) < 4.78 is 13.5. The SMILES string of the molecule is C=CCC(NC(=O)c1ccc(C)cc1F)C(=O)O. The van der Waals surface area contributed by atoms with Crippen LogP contribution in [0.25, 0.3) is 0 Å². The third-order valence-corrected chi connectivity index (χ3v) is 2.38. The van der Waals surface area contributed by atoms with Gasteiger partial charge in [0.05, 0.1) is 5.56 Å². The van der Waals surface area contributed by atoms with Crippen molar-refractivity contribution in [2.45, 2.75) is 19.4 Å². The molecule has 1 unspecified atom stereocenters. The highest BCUT2D eigenvalue weighted by Crippen LogP contribution is 2.10. The van der Waals surface area contributed by atoms with Gasteiger partial charge in [0.25, 0.3) is 5.91 Å². The van der Waals surface area contributed by atoms with E-state index in [2.05, 4.69) is 11.9 Å². The second-order valence-electron chi connectivity index (χ2n) is 3.87. The third-order valence-electron chi connectivity index (χ3n) is 2.38. The molecule has 1 amide bonds. The maximum absolute atomic E-state index is 13.5. The van der Waals surface area contributed by atoms with Crippen molar-refractivity contribution in [3.8, 4) is 0 Å². The Morgan fingerprint density at radius 3 is 2.72 bits per heavy atom. The van der Waals surface area contributed by atoms with Crippen LogP contribution in [0.3, 0.4) is 0 Å². The van der Waals surface area contributed by atoms with Crippen LogP contribution in [0.15, 0.2) is 30.9 Å². The molecule has 5 heteroatoms. The van der Waals surface area contributed by atoms with Crippen LogP contribution in [-0.4, -0.2) is 23.0 Å². The number of nitrogens with one attached hydrogen (secondary N) is 1. The van der Waals surface area contributed by atoms with Crippen LogP contribution < -0.4 is 5.32 Å². The van der Waals surface area contributed by atoms with Crippen molar-refractivity contribution in [2.75, 3.05) is 0 Å². The molecule has 0 heterocycles. The summed E-state index contributed by atoms with van der Waals surface area (Å²) in [5.74, 6) is -2.60. The Kier molecular flexibility index (Phi) is 4.59. The van der Waals surface area contributed by atoms with E-state index in [4.69, 9.17) is 5.11 Å². The van der Waals surface area contributed by atoms with Gasteiger partial charge in [-0.05, 0) is 31.0 Å². The van der Waals surface area contributed by atoms with Crippen molar-refractivity contribution in [3.05, 3.63) is 47.8 Å². The maximum Gasteiger partial charge on any atom is 0.326 e. The van der Waals surface area contributed by atoms with E-state index in [0.29, 0.717) is 5.56 Å². The first kappa shape index (κ1) is 13.9. The fourth-order valence-corrected chi connectivity index (χ4v) is 1.43. The Labute approximate surface area is 104 Å². The van der Waals surface area contributed by atoms with Gasteiger partial charge in [-0.1, -0.05) is 12.1 Å². The summed E-state index contributed by atoms with van der Waals surface area (Å²) in [5.41, 5.74) is 0.515. The smallest absolute Gasteiger partial charge is 0.326 e. The Morgan fingerprint density at radius 2 is 2.22 bits per heavy atom. The molecule has 0 aliphatic heterocycles. The van der Waals surface area contributed by atoms with Gasteiger partial charge in [-0.15, -0.1) is 6.58 Å². The number of halogens is 1. The zero-order valence-electron chi connectivity index (χ0n) is 9.94. The van der Waals surface area contributed by atoms with Gasteiger partial charge in [-0.25, -0.2) is 9.18 Å². The number of aliphatic carboxylic acids is 1. The average Bonchev–Trinajstić information content (AvgIpc) is 2.27. The van der Waals surface area contributed by atoms with E-state index in [-0.39, 0.29) is 12.0 Å². The molecule has 18 heavy (non-hydrogen) atoms. The van der Waals surface area contributed by atoms with Crippen molar-refractivity contribution >= 4 is 11.9 Å². The average molecular weight is 251 g/mol. The Hall–Kier alpha value is -2.17. The lowest BCUT2D eigenvalue weighted by atomic mass is 10.1. The number of benzene rings is 1. The largest absolute Gasteiger partial charge is 0.480 e. The summed E-state index contributed by atoms with van der Waals surface area (Å²) in [6.07, 6.45) is 1.46. The number of hydrogen-bond acceptors (Lipinski definition) is 2. The standard InChI is InChI=1S/C13H14FNO3/c1-3-4-11(13(17)18)15-12(16)9-6-5-8(2)7-10(9)14/h3,5-7,11H,1,4H2,2H3,(H,15,16)(H,17,18). The van der Waals surface area contributed by atoms with Crippen molar-refractivity contribution in [3.63, 3.8) is 0 Å². The number of carbonyl (C=O) groups is 2. The van der Waals surface area contributed by atoms with Gasteiger partial charge in [0.15, 0.2) is 0 Å². The van der Waals surface area contributed by atoms with Gasteiger partial charge in [0.1, 0.15) is 11.9 Å². The molecule has 0 saturated carbocycles. The minimum atomic E-state index is -1.18. The molecule has 1 aromatic carbocycles. The molecule has 0 spiro atoms. The van der Waals surface area contributed by atoms with Crippen molar-refractivity contribution in [1.82, 2.24) is 5.32 Å². The molecule has 2 N–H and O–H groups in total. The van der Waals surface area contributed by atoms with Gasteiger partial charge >= 0.3 is 5.97 Å². The molecule has 4 nitrogen and oxygen atoms in total. The first-order valence-corrected chi connectivity index (χ1v) is 5.36. The molecule has 0 radical (unpaired) electrons. The number of rotatable bonds is 5. The predicted molar refractivity (Wildman–Crippen MR) is 64.8 cm³/mol. The van der Waals surface area contributed by atoms with E-state index >= 15 is 0 Å². The molecule has 0 bridgehead atoms. The lowest BCUT2D eigenvalue weighted by molar-refractivity contribution is -0.139. The number of aryl methyl sites for hydroxylation is 1. The number of carboxylic acids is 1. The lowest BCUT2D eigenvalue weighted by Gasteiger charge is -2.13. The Bertz CT molecular complexity index is 485. The lowest BCUT2D eigenvalue weighted by Crippen LogP contribution is -2.40. The van der Waals surface area contributed by atoms with Crippen molar-refractivity contribution in [1.29, 1.82) is 0 Å². The highest BCUT2D eigenvalue weighted by Gasteiger charge is 2.20. The fraction of sp³-hybridized carbons (Fsp3) is 0.231. The minimum Gasteiger partial charge on any atom is -0.480 e. The Morgan fingerprint density at radius 1 is 1.56 bits per heavy atom. The minimum absolute atomic E-state index is 0.0779. The van der Waals surface area contributed by atoms with Crippen LogP contribution in [0.5, 0.6) is 0 Å². The summed E-state index contributed by atoms with van der Waals surface area (Å²) >= 11 is 0. The summed E-state index contributed by atoms with van der Waals surface area (Å²) in [5, 5.41) is 11.1. The highest BCUT2D eigenvalue weighted by molar-refractivity contribution is 5.96. The molecule has 96 valence electrons. The van der Waals surface area contributed by atoms with E-state index < -0.39 is 23.7 Å². The summed E-state index contributed by atoms with van der Waals surface area (Å²) in [7, 11) is 0. The first-order chi connectivity index (χ1) is 8.45. The topological polar surface area (TPSA) is 66.4 Å². The second kappa shape index (κ2) is 5.95. The highest BCUT2D eigenvalue weighted by atomic mass is 19.1. The second-order valence-corrected chi connectivity index (χ2v) is 3.87. The van der Waals surface area contributed by atoms with E-state index in [0.717, 1.165) is 0 Å². The van der Waals surface area contributed by atoms with Crippen LogP contribution in [0.2, 0.25) is 0 Å². The normalized spacial score (nSPS) is 11.7. The van der Waals surface area contributed by atoms with E-state index in [1.54, 1.807) is 13.0 Å². The van der Waals surface area contributed by atoms with E-state index in [1.807, 2.05) is 0 Å². The quantitative estimate of drug-likeness (QED) is 0.785. The molecule has 0 aliphatic rings. The van der Waals surface area contributed by atoms with Crippen LogP contribution in [0, 0.1) is 12.7 Å². The summed E-state index contributed by atoms with van der Waals surface area (Å²) in [6.45, 7) is 5.10. The zero-order valence-corrected chi connectivity index (χ0v) is 9.94. The van der Waals surface area contributed by atoms with Crippen molar-refractivity contribution < 1.29 is 19.1 Å². The zero-order chi connectivity index (χ0) is 13.7. The summed E-state index contributed by atoms with van der Waals surface area (Å²) in [4.78, 5) is 22.6. The molecule has 0 aromatic heterocycles. The van der Waals surface area contributed by atoms with Gasteiger partial charge in [-0.3, -0.25) is 4.79 Å². The molecular formula is C13H14FNO3. The van der Waals surface area contributed by atoms with Gasteiger partial charge in [0, 0.05) is 0 Å². The molecule has 0 aliphatic carbocycles. The first-order valence-electron chi connectivity index (χ1n) is 5.36. The number of carbonyl (C=O) groups excluding carboxylic acids is 1. The number of amides is 1. The van der Waals surface area contributed by atoms with Gasteiger partial charge in [-0.2, -0.15) is 0 Å². The van der Waals surface area contributed by atoms with Crippen LogP contribution in [-0.2, 0) is 4.79 Å². The molecule has 1 atom stereocenters. The van der Waals surface area contributed by atoms with Crippen LogP contribution in [0.4, 0.5) is 4.39 Å². The summed E-state index contributed by atoms with van der Waals surface area (Å²) in [6, 6.07) is 3.03. The fourth-order valence-electron chi connectivity index (χ4n) is 1.43. The molecule has 0 fully saturated rings. The Balaban J connectivity index is 2.86. The van der Waals surface area contributed by atoms with E-state index in [1.165, 1.54) is 18.2 Å². The third kappa shape index (κ3) is 3.41. The number of hydrogen-bond donors (Lipinski definition) is 2. The van der Waals surface area contributed by atoms with E-state index in [9.17, 15) is 14.0 Å². The van der Waals surface area contributed by atoms with Crippen LogP contribution in [0.1, 0.15) is 22.3 Å². The van der Waals surface area contributed by atoms with Crippen LogP contribution >= 0.6 is 0 Å². The van der Waals surface area contributed by atoms with Gasteiger partial charge in [0.2, 0.25) is 0 Å². The molecule has 1 rings (SSSR count). The van der Waals surface area contributed by atoms with Gasteiger partial charge < -0.3 is 10.4 Å².